The lowest BCUT2D eigenvalue weighted by molar-refractivity contribution is 0.168. The normalized spacial score (nSPS) is 12.7. The summed E-state index contributed by atoms with van der Waals surface area (Å²) in [6.45, 7) is 0. The highest BCUT2D eigenvalue weighted by atomic mass is 79.9. The number of aliphatic hydroxyl groups excluding tert-OH is 1. The van der Waals surface area contributed by atoms with Crippen LogP contribution in [-0.2, 0) is 6.42 Å². The molecule has 1 atom stereocenters. The average Bonchev–Trinajstić information content (AvgIpc) is 2.53. The lowest BCUT2D eigenvalue weighted by atomic mass is 10.0. The summed E-state index contributed by atoms with van der Waals surface area (Å²) in [4.78, 5) is 0. The SMILES string of the molecule is OC(CC/C=C\CCc1ccccc1Br)c1ccccc1. The standard InChI is InChI=1S/C19H21BrO/c20-18-14-9-8-11-16(18)10-4-1-2-7-15-19(21)17-12-5-3-6-13-17/h1-3,5-6,8-9,11-14,19,21H,4,7,10,15H2/b2-1-. The second-order valence-electron chi connectivity index (χ2n) is 5.11. The monoisotopic (exact) mass is 344 g/mol. The number of aliphatic hydroxyl groups is 1. The molecule has 0 saturated carbocycles. The lowest BCUT2D eigenvalue weighted by Gasteiger charge is -2.08. The summed E-state index contributed by atoms with van der Waals surface area (Å²) in [6, 6.07) is 18.2. The lowest BCUT2D eigenvalue weighted by Crippen LogP contribution is -1.95. The van der Waals surface area contributed by atoms with Crippen molar-refractivity contribution in [2.75, 3.05) is 0 Å². The smallest absolute Gasteiger partial charge is 0.0793 e. The predicted octanol–water partition coefficient (Wildman–Crippen LogP) is 5.45. The fraction of sp³-hybridized carbons (Fsp3) is 0.263. The fourth-order valence-electron chi connectivity index (χ4n) is 2.27. The van der Waals surface area contributed by atoms with Crippen LogP contribution in [0.2, 0.25) is 0 Å². The first-order valence-electron chi connectivity index (χ1n) is 7.39. The van der Waals surface area contributed by atoms with Crippen LogP contribution in [0.4, 0.5) is 0 Å². The number of halogens is 1. The summed E-state index contributed by atoms with van der Waals surface area (Å²) < 4.78 is 1.18. The Kier molecular flexibility index (Phi) is 6.71. The maximum atomic E-state index is 10.1. The Morgan fingerprint density at radius 2 is 1.57 bits per heavy atom. The predicted molar refractivity (Wildman–Crippen MR) is 92.2 cm³/mol. The second-order valence-corrected chi connectivity index (χ2v) is 5.96. The third-order valence-corrected chi connectivity index (χ3v) is 4.27. The number of hydrogen-bond acceptors (Lipinski definition) is 1. The molecule has 2 aromatic rings. The van der Waals surface area contributed by atoms with E-state index in [1.54, 1.807) is 0 Å². The summed E-state index contributed by atoms with van der Waals surface area (Å²) in [5, 5.41) is 10.1. The minimum Gasteiger partial charge on any atom is -0.388 e. The van der Waals surface area contributed by atoms with E-state index in [9.17, 15) is 5.11 Å². The Labute approximate surface area is 135 Å². The second kappa shape index (κ2) is 8.81. The van der Waals surface area contributed by atoms with E-state index in [0.717, 1.165) is 31.2 Å². The van der Waals surface area contributed by atoms with Gasteiger partial charge in [-0.2, -0.15) is 0 Å². The van der Waals surface area contributed by atoms with E-state index < -0.39 is 0 Å². The molecule has 2 aromatic carbocycles. The van der Waals surface area contributed by atoms with Crippen molar-refractivity contribution in [2.24, 2.45) is 0 Å². The fourth-order valence-corrected chi connectivity index (χ4v) is 2.75. The molecule has 0 aliphatic carbocycles. The Bertz CT molecular complexity index is 563. The van der Waals surface area contributed by atoms with Crippen LogP contribution in [0.5, 0.6) is 0 Å². The third-order valence-electron chi connectivity index (χ3n) is 3.50. The molecule has 0 bridgehead atoms. The van der Waals surface area contributed by atoms with E-state index in [4.69, 9.17) is 0 Å². The van der Waals surface area contributed by atoms with Crippen LogP contribution >= 0.6 is 15.9 Å². The highest BCUT2D eigenvalue weighted by Gasteiger charge is 2.04. The number of benzene rings is 2. The van der Waals surface area contributed by atoms with Crippen LogP contribution in [0, 0.1) is 0 Å². The molecule has 110 valence electrons. The van der Waals surface area contributed by atoms with Gasteiger partial charge in [0.15, 0.2) is 0 Å². The van der Waals surface area contributed by atoms with Crippen molar-refractivity contribution in [3.8, 4) is 0 Å². The maximum Gasteiger partial charge on any atom is 0.0793 e. The largest absolute Gasteiger partial charge is 0.388 e. The van der Waals surface area contributed by atoms with Gasteiger partial charge in [0.25, 0.3) is 0 Å². The Balaban J connectivity index is 1.68. The van der Waals surface area contributed by atoms with Crippen molar-refractivity contribution in [2.45, 2.75) is 31.8 Å². The van der Waals surface area contributed by atoms with Crippen LogP contribution in [-0.4, -0.2) is 5.11 Å². The zero-order chi connectivity index (χ0) is 14.9. The zero-order valence-electron chi connectivity index (χ0n) is 12.1. The van der Waals surface area contributed by atoms with Crippen molar-refractivity contribution >= 4 is 15.9 Å². The molecule has 0 spiro atoms. The van der Waals surface area contributed by atoms with Crippen LogP contribution in [0.25, 0.3) is 0 Å². The molecule has 0 aliphatic rings. The molecule has 1 nitrogen and oxygen atoms in total. The Morgan fingerprint density at radius 3 is 2.33 bits per heavy atom. The number of hydrogen-bond donors (Lipinski definition) is 1. The summed E-state index contributed by atoms with van der Waals surface area (Å²) in [7, 11) is 0. The average molecular weight is 345 g/mol. The minimum atomic E-state index is -0.362. The first kappa shape index (κ1) is 16.0. The van der Waals surface area contributed by atoms with E-state index in [1.165, 1.54) is 10.0 Å². The quantitative estimate of drug-likeness (QED) is 0.662. The molecule has 2 rings (SSSR count). The summed E-state index contributed by atoms with van der Waals surface area (Å²) in [5.41, 5.74) is 2.34. The van der Waals surface area contributed by atoms with Gasteiger partial charge in [0.1, 0.15) is 0 Å². The maximum absolute atomic E-state index is 10.1. The van der Waals surface area contributed by atoms with Crippen LogP contribution < -0.4 is 0 Å². The van der Waals surface area contributed by atoms with Crippen LogP contribution in [0.3, 0.4) is 0 Å². The van der Waals surface area contributed by atoms with Gasteiger partial charge >= 0.3 is 0 Å². The van der Waals surface area contributed by atoms with Crippen molar-refractivity contribution in [3.63, 3.8) is 0 Å². The number of allylic oxidation sites excluding steroid dienone is 2. The molecule has 0 aliphatic heterocycles. The molecule has 0 fully saturated rings. The summed E-state index contributed by atoms with van der Waals surface area (Å²) >= 11 is 3.57. The molecule has 0 heterocycles. The van der Waals surface area contributed by atoms with E-state index in [-0.39, 0.29) is 6.10 Å². The summed E-state index contributed by atoms with van der Waals surface area (Å²) in [6.07, 6.45) is 7.77. The van der Waals surface area contributed by atoms with Crippen molar-refractivity contribution < 1.29 is 5.11 Å². The van der Waals surface area contributed by atoms with E-state index in [2.05, 4.69) is 46.3 Å². The highest BCUT2D eigenvalue weighted by Crippen LogP contribution is 2.19. The molecule has 2 heteroatoms. The van der Waals surface area contributed by atoms with Gasteiger partial charge < -0.3 is 5.11 Å². The molecule has 0 radical (unpaired) electrons. The summed E-state index contributed by atoms with van der Waals surface area (Å²) in [5.74, 6) is 0. The highest BCUT2D eigenvalue weighted by molar-refractivity contribution is 9.10. The number of rotatable bonds is 7. The van der Waals surface area contributed by atoms with Gasteiger partial charge in [-0.3, -0.25) is 0 Å². The van der Waals surface area contributed by atoms with Gasteiger partial charge in [0, 0.05) is 4.47 Å². The molecular formula is C19H21BrO. The van der Waals surface area contributed by atoms with Gasteiger partial charge in [-0.15, -0.1) is 0 Å². The molecule has 1 N–H and O–H groups in total. The van der Waals surface area contributed by atoms with Gasteiger partial charge in [-0.25, -0.2) is 0 Å². The van der Waals surface area contributed by atoms with Gasteiger partial charge in [0.2, 0.25) is 0 Å². The third kappa shape index (κ3) is 5.49. The molecule has 0 saturated heterocycles. The number of aryl methyl sites for hydroxylation is 1. The topological polar surface area (TPSA) is 20.2 Å². The first-order valence-corrected chi connectivity index (χ1v) is 8.18. The van der Waals surface area contributed by atoms with Gasteiger partial charge in [-0.05, 0) is 42.9 Å². The van der Waals surface area contributed by atoms with E-state index in [1.807, 2.05) is 36.4 Å². The van der Waals surface area contributed by atoms with E-state index >= 15 is 0 Å². The van der Waals surface area contributed by atoms with Crippen molar-refractivity contribution in [1.29, 1.82) is 0 Å². The molecule has 0 amide bonds. The van der Waals surface area contributed by atoms with Crippen LogP contribution in [0.15, 0.2) is 71.2 Å². The molecule has 21 heavy (non-hydrogen) atoms. The van der Waals surface area contributed by atoms with E-state index in [0.29, 0.717) is 0 Å². The van der Waals surface area contributed by atoms with Crippen LogP contribution in [0.1, 0.15) is 36.5 Å². The van der Waals surface area contributed by atoms with Crippen molar-refractivity contribution in [3.05, 3.63) is 82.3 Å². The molecular weight excluding hydrogens is 324 g/mol. The minimum absolute atomic E-state index is 0.362. The first-order chi connectivity index (χ1) is 10.3. The Hall–Kier alpha value is -1.38. The van der Waals surface area contributed by atoms with Gasteiger partial charge in [-0.1, -0.05) is 76.6 Å². The zero-order valence-corrected chi connectivity index (χ0v) is 13.7. The Morgan fingerprint density at radius 1 is 0.905 bits per heavy atom. The molecule has 1 unspecified atom stereocenters. The molecule has 0 aromatic heterocycles. The van der Waals surface area contributed by atoms with Gasteiger partial charge in [0.05, 0.1) is 6.10 Å². The van der Waals surface area contributed by atoms with Crippen molar-refractivity contribution in [1.82, 2.24) is 0 Å².